The summed E-state index contributed by atoms with van der Waals surface area (Å²) in [5.74, 6) is 0.350. The number of rotatable bonds is 3. The molecule has 0 aliphatic heterocycles. The Bertz CT molecular complexity index is 360. The molecule has 1 aromatic rings. The highest BCUT2D eigenvalue weighted by atomic mass is 19.1. The molecule has 0 radical (unpaired) electrons. The number of fused-ring (bicyclic) bond motifs is 1. The highest BCUT2D eigenvalue weighted by molar-refractivity contribution is 5.32. The van der Waals surface area contributed by atoms with Crippen molar-refractivity contribution >= 4 is 0 Å². The van der Waals surface area contributed by atoms with Crippen LogP contribution in [0.1, 0.15) is 43.2 Å². The maximum atomic E-state index is 14.0. The van der Waals surface area contributed by atoms with E-state index in [0.29, 0.717) is 12.3 Å². The van der Waals surface area contributed by atoms with E-state index in [4.69, 9.17) is 5.73 Å². The molecule has 2 atom stereocenters. The first kappa shape index (κ1) is 11.6. The SMILES string of the molecule is CC(F)(CN)CC1CCCc2ccccc21. The molecule has 1 nitrogen and oxygen atoms in total. The summed E-state index contributed by atoms with van der Waals surface area (Å²) in [4.78, 5) is 0. The van der Waals surface area contributed by atoms with Crippen LogP contribution >= 0.6 is 0 Å². The van der Waals surface area contributed by atoms with E-state index in [9.17, 15) is 4.39 Å². The molecule has 0 fully saturated rings. The minimum atomic E-state index is -1.23. The average Bonchev–Trinajstić information content (AvgIpc) is 2.29. The first-order valence-corrected chi connectivity index (χ1v) is 6.09. The predicted octanol–water partition coefficient (Wildman–Crippen LogP) is 3.18. The van der Waals surface area contributed by atoms with Gasteiger partial charge in [-0.2, -0.15) is 0 Å². The smallest absolute Gasteiger partial charge is 0.121 e. The van der Waals surface area contributed by atoms with Gasteiger partial charge in [-0.1, -0.05) is 24.3 Å². The highest BCUT2D eigenvalue weighted by Gasteiger charge is 2.29. The van der Waals surface area contributed by atoms with E-state index >= 15 is 0 Å². The fourth-order valence-electron chi connectivity index (χ4n) is 2.66. The van der Waals surface area contributed by atoms with E-state index in [1.54, 1.807) is 6.92 Å². The van der Waals surface area contributed by atoms with Crippen LogP contribution in [0.25, 0.3) is 0 Å². The zero-order valence-electron chi connectivity index (χ0n) is 9.88. The van der Waals surface area contributed by atoms with Crippen molar-refractivity contribution in [1.29, 1.82) is 0 Å². The van der Waals surface area contributed by atoms with Gasteiger partial charge in [0.2, 0.25) is 0 Å². The number of halogens is 1. The fraction of sp³-hybridized carbons (Fsp3) is 0.571. The third-order valence-electron chi connectivity index (χ3n) is 3.59. The van der Waals surface area contributed by atoms with Gasteiger partial charge in [0.25, 0.3) is 0 Å². The van der Waals surface area contributed by atoms with E-state index in [0.717, 1.165) is 12.8 Å². The molecule has 0 saturated heterocycles. The molecule has 0 saturated carbocycles. The largest absolute Gasteiger partial charge is 0.328 e. The Kier molecular flexibility index (Phi) is 3.29. The lowest BCUT2D eigenvalue weighted by Crippen LogP contribution is -2.32. The zero-order chi connectivity index (χ0) is 11.6. The third kappa shape index (κ3) is 2.43. The summed E-state index contributed by atoms with van der Waals surface area (Å²) in [6, 6.07) is 8.43. The van der Waals surface area contributed by atoms with Crippen molar-refractivity contribution in [2.45, 2.75) is 44.2 Å². The summed E-state index contributed by atoms with van der Waals surface area (Å²) < 4.78 is 14.0. The Hall–Kier alpha value is -0.890. The molecule has 88 valence electrons. The first-order valence-electron chi connectivity index (χ1n) is 6.09. The molecule has 2 N–H and O–H groups in total. The van der Waals surface area contributed by atoms with Gasteiger partial charge in [0, 0.05) is 6.54 Å². The van der Waals surface area contributed by atoms with Gasteiger partial charge >= 0.3 is 0 Å². The monoisotopic (exact) mass is 221 g/mol. The van der Waals surface area contributed by atoms with Gasteiger partial charge < -0.3 is 5.73 Å². The number of aryl methyl sites for hydroxylation is 1. The van der Waals surface area contributed by atoms with Crippen LogP contribution in [0.3, 0.4) is 0 Å². The van der Waals surface area contributed by atoms with Crippen molar-refractivity contribution < 1.29 is 4.39 Å². The van der Waals surface area contributed by atoms with E-state index in [2.05, 4.69) is 24.3 Å². The van der Waals surface area contributed by atoms with Crippen molar-refractivity contribution in [3.8, 4) is 0 Å². The molecule has 0 spiro atoms. The Morgan fingerprint density at radius 2 is 2.19 bits per heavy atom. The van der Waals surface area contributed by atoms with Gasteiger partial charge in [-0.25, -0.2) is 4.39 Å². The Balaban J connectivity index is 2.19. The molecule has 2 heteroatoms. The lowest BCUT2D eigenvalue weighted by molar-refractivity contribution is 0.167. The maximum Gasteiger partial charge on any atom is 0.121 e. The fourth-order valence-corrected chi connectivity index (χ4v) is 2.66. The number of nitrogens with two attached hydrogens (primary N) is 1. The zero-order valence-corrected chi connectivity index (χ0v) is 9.88. The van der Waals surface area contributed by atoms with Crippen LogP contribution in [0, 0.1) is 0 Å². The second kappa shape index (κ2) is 4.54. The van der Waals surface area contributed by atoms with Crippen molar-refractivity contribution in [3.63, 3.8) is 0 Å². The molecule has 2 rings (SSSR count). The van der Waals surface area contributed by atoms with Crippen molar-refractivity contribution in [2.24, 2.45) is 5.73 Å². The number of alkyl halides is 1. The molecule has 1 aliphatic carbocycles. The molecule has 0 amide bonds. The second-order valence-corrected chi connectivity index (χ2v) is 5.11. The van der Waals surface area contributed by atoms with E-state index in [1.165, 1.54) is 17.5 Å². The van der Waals surface area contributed by atoms with Crippen LogP contribution in [-0.2, 0) is 6.42 Å². The van der Waals surface area contributed by atoms with E-state index in [1.807, 2.05) is 0 Å². The number of hydrogen-bond donors (Lipinski definition) is 1. The van der Waals surface area contributed by atoms with E-state index < -0.39 is 5.67 Å². The number of benzene rings is 1. The Morgan fingerprint density at radius 3 is 2.94 bits per heavy atom. The van der Waals surface area contributed by atoms with Gasteiger partial charge in [0.15, 0.2) is 0 Å². The summed E-state index contributed by atoms with van der Waals surface area (Å²) in [6.07, 6.45) is 3.96. The molecule has 1 aromatic carbocycles. The summed E-state index contributed by atoms with van der Waals surface area (Å²) in [5, 5.41) is 0. The van der Waals surface area contributed by atoms with Crippen LogP contribution in [0.5, 0.6) is 0 Å². The van der Waals surface area contributed by atoms with Gasteiger partial charge in [-0.15, -0.1) is 0 Å². The molecule has 0 bridgehead atoms. The summed E-state index contributed by atoms with van der Waals surface area (Å²) in [5.41, 5.74) is 6.98. The van der Waals surface area contributed by atoms with Crippen molar-refractivity contribution in [3.05, 3.63) is 35.4 Å². The normalized spacial score (nSPS) is 23.6. The first-order chi connectivity index (χ1) is 7.62. The Labute approximate surface area is 96.9 Å². The molecule has 1 aliphatic rings. The predicted molar refractivity (Wildman–Crippen MR) is 65.3 cm³/mol. The standard InChI is InChI=1S/C14H20FN/c1-14(15,10-16)9-12-7-4-6-11-5-2-3-8-13(11)12/h2-3,5,8,12H,4,6-7,9-10,16H2,1H3. The topological polar surface area (TPSA) is 26.0 Å². The maximum absolute atomic E-state index is 14.0. The minimum Gasteiger partial charge on any atom is -0.328 e. The summed E-state index contributed by atoms with van der Waals surface area (Å²) in [6.45, 7) is 1.73. The highest BCUT2D eigenvalue weighted by Crippen LogP contribution is 2.37. The van der Waals surface area contributed by atoms with Crippen LogP contribution in [0.2, 0.25) is 0 Å². The van der Waals surface area contributed by atoms with Crippen molar-refractivity contribution in [1.82, 2.24) is 0 Å². The van der Waals surface area contributed by atoms with E-state index in [-0.39, 0.29) is 6.54 Å². The van der Waals surface area contributed by atoms with Crippen LogP contribution in [0.4, 0.5) is 4.39 Å². The molecule has 2 unspecified atom stereocenters. The summed E-state index contributed by atoms with van der Waals surface area (Å²) in [7, 11) is 0. The molecular formula is C14H20FN. The molecular weight excluding hydrogens is 201 g/mol. The number of hydrogen-bond acceptors (Lipinski definition) is 1. The van der Waals surface area contributed by atoms with Crippen LogP contribution < -0.4 is 5.73 Å². The van der Waals surface area contributed by atoms with Gasteiger partial charge in [0.05, 0.1) is 0 Å². The third-order valence-corrected chi connectivity index (χ3v) is 3.59. The van der Waals surface area contributed by atoms with Gasteiger partial charge in [-0.3, -0.25) is 0 Å². The van der Waals surface area contributed by atoms with Crippen LogP contribution in [-0.4, -0.2) is 12.2 Å². The Morgan fingerprint density at radius 1 is 1.44 bits per heavy atom. The molecule has 0 heterocycles. The van der Waals surface area contributed by atoms with Crippen molar-refractivity contribution in [2.75, 3.05) is 6.54 Å². The lowest BCUT2D eigenvalue weighted by atomic mass is 9.78. The summed E-state index contributed by atoms with van der Waals surface area (Å²) >= 11 is 0. The quantitative estimate of drug-likeness (QED) is 0.833. The van der Waals surface area contributed by atoms with Crippen LogP contribution in [0.15, 0.2) is 24.3 Å². The van der Waals surface area contributed by atoms with Gasteiger partial charge in [-0.05, 0) is 49.7 Å². The second-order valence-electron chi connectivity index (χ2n) is 5.11. The minimum absolute atomic E-state index is 0.117. The van der Waals surface area contributed by atoms with Gasteiger partial charge in [0.1, 0.15) is 5.67 Å². The molecule has 0 aromatic heterocycles. The average molecular weight is 221 g/mol. The molecule has 16 heavy (non-hydrogen) atoms. The lowest BCUT2D eigenvalue weighted by Gasteiger charge is -2.30.